The lowest BCUT2D eigenvalue weighted by atomic mass is 10.1. The molecular weight excluding hydrogens is 308 g/mol. The third-order valence-corrected chi connectivity index (χ3v) is 3.68. The minimum Gasteiger partial charge on any atom is -0.507 e. The summed E-state index contributed by atoms with van der Waals surface area (Å²) in [7, 11) is 0. The van der Waals surface area contributed by atoms with Crippen LogP contribution in [-0.4, -0.2) is 36.0 Å². The van der Waals surface area contributed by atoms with E-state index in [0.29, 0.717) is 29.3 Å². The Morgan fingerprint density at radius 1 is 1.42 bits per heavy atom. The van der Waals surface area contributed by atoms with Crippen molar-refractivity contribution in [2.24, 2.45) is 0 Å². The molecule has 8 nitrogen and oxygen atoms in total. The Labute approximate surface area is 138 Å². The number of aryl methyl sites for hydroxylation is 1. The number of carbonyl (C=O) groups excluding carboxylic acids is 1. The van der Waals surface area contributed by atoms with E-state index in [2.05, 4.69) is 25.6 Å². The van der Waals surface area contributed by atoms with Gasteiger partial charge in [0, 0.05) is 12.1 Å². The van der Waals surface area contributed by atoms with Crippen LogP contribution < -0.4 is 5.32 Å². The van der Waals surface area contributed by atoms with Crippen molar-refractivity contribution >= 4 is 5.91 Å². The Kier molecular flexibility index (Phi) is 4.28. The van der Waals surface area contributed by atoms with Crippen molar-refractivity contribution in [3.8, 4) is 17.0 Å². The Morgan fingerprint density at radius 3 is 2.96 bits per heavy atom. The van der Waals surface area contributed by atoms with Gasteiger partial charge in [-0.15, -0.1) is 0 Å². The van der Waals surface area contributed by atoms with Crippen LogP contribution in [0, 0.1) is 0 Å². The van der Waals surface area contributed by atoms with Gasteiger partial charge >= 0.3 is 0 Å². The number of nitrogens with one attached hydrogen (secondary N) is 2. The number of benzene rings is 1. The monoisotopic (exact) mass is 326 g/mol. The second-order valence-corrected chi connectivity index (χ2v) is 5.31. The molecule has 1 atom stereocenters. The van der Waals surface area contributed by atoms with Crippen LogP contribution >= 0.6 is 0 Å². The SMILES string of the molecule is CCn1ncnc1[C@@H](C)NC(=O)c1cc(-c2ccccc2O)n[nH]1. The van der Waals surface area contributed by atoms with Crippen LogP contribution in [0.3, 0.4) is 0 Å². The van der Waals surface area contributed by atoms with Crippen molar-refractivity contribution in [2.75, 3.05) is 0 Å². The number of rotatable bonds is 5. The summed E-state index contributed by atoms with van der Waals surface area (Å²) in [5.41, 5.74) is 1.37. The van der Waals surface area contributed by atoms with Crippen LogP contribution in [0.25, 0.3) is 11.3 Å². The van der Waals surface area contributed by atoms with Gasteiger partial charge in [0.15, 0.2) is 0 Å². The predicted molar refractivity (Wildman–Crippen MR) is 87.3 cm³/mol. The standard InChI is InChI=1S/C16H18N6O2/c1-3-22-15(17-9-18-22)10(2)19-16(24)13-8-12(20-21-13)11-6-4-5-7-14(11)23/h4-10,23H,3H2,1-2H3,(H,19,24)(H,20,21)/t10-/m1/s1. The van der Waals surface area contributed by atoms with Gasteiger partial charge in [0.05, 0.1) is 11.7 Å². The normalized spacial score (nSPS) is 12.1. The lowest BCUT2D eigenvalue weighted by Crippen LogP contribution is -2.29. The number of hydrogen-bond acceptors (Lipinski definition) is 5. The summed E-state index contributed by atoms with van der Waals surface area (Å²) in [6.07, 6.45) is 1.47. The molecule has 0 spiro atoms. The van der Waals surface area contributed by atoms with Gasteiger partial charge in [-0.3, -0.25) is 9.89 Å². The number of H-pyrrole nitrogens is 1. The first-order valence-corrected chi connectivity index (χ1v) is 7.62. The zero-order valence-corrected chi connectivity index (χ0v) is 13.4. The number of amides is 1. The summed E-state index contributed by atoms with van der Waals surface area (Å²) in [5, 5.41) is 23.6. The van der Waals surface area contributed by atoms with E-state index < -0.39 is 0 Å². The molecule has 0 radical (unpaired) electrons. The van der Waals surface area contributed by atoms with Crippen molar-refractivity contribution in [1.82, 2.24) is 30.3 Å². The quantitative estimate of drug-likeness (QED) is 0.663. The maximum absolute atomic E-state index is 12.4. The number of phenolic OH excluding ortho intramolecular Hbond substituents is 1. The average Bonchev–Trinajstić information content (AvgIpc) is 3.24. The highest BCUT2D eigenvalue weighted by Crippen LogP contribution is 2.27. The van der Waals surface area contributed by atoms with E-state index in [-0.39, 0.29) is 17.7 Å². The molecule has 1 amide bonds. The van der Waals surface area contributed by atoms with Crippen LogP contribution in [0.4, 0.5) is 0 Å². The molecule has 0 saturated carbocycles. The molecule has 0 fully saturated rings. The van der Waals surface area contributed by atoms with Crippen molar-refractivity contribution in [3.63, 3.8) is 0 Å². The maximum Gasteiger partial charge on any atom is 0.269 e. The second kappa shape index (κ2) is 6.53. The average molecular weight is 326 g/mol. The fourth-order valence-electron chi connectivity index (χ4n) is 2.46. The first-order valence-electron chi connectivity index (χ1n) is 7.62. The number of carbonyl (C=O) groups is 1. The fraction of sp³-hybridized carbons (Fsp3) is 0.250. The van der Waals surface area contributed by atoms with E-state index in [4.69, 9.17) is 0 Å². The molecule has 0 saturated heterocycles. The van der Waals surface area contributed by atoms with Gasteiger partial charge in [-0.2, -0.15) is 10.2 Å². The van der Waals surface area contributed by atoms with Gasteiger partial charge in [-0.25, -0.2) is 9.67 Å². The number of aromatic hydroxyl groups is 1. The third-order valence-electron chi connectivity index (χ3n) is 3.68. The van der Waals surface area contributed by atoms with Gasteiger partial charge in [0.25, 0.3) is 5.91 Å². The van der Waals surface area contributed by atoms with Crippen LogP contribution in [0.2, 0.25) is 0 Å². The summed E-state index contributed by atoms with van der Waals surface area (Å²) >= 11 is 0. The number of phenols is 1. The maximum atomic E-state index is 12.4. The molecule has 8 heteroatoms. The predicted octanol–water partition coefficient (Wildman–Crippen LogP) is 1.88. The van der Waals surface area contributed by atoms with Gasteiger partial charge in [0.1, 0.15) is 23.6 Å². The molecule has 2 heterocycles. The molecule has 0 aliphatic carbocycles. The summed E-state index contributed by atoms with van der Waals surface area (Å²) < 4.78 is 1.73. The molecule has 3 rings (SSSR count). The Bertz CT molecular complexity index is 854. The number of para-hydroxylation sites is 1. The highest BCUT2D eigenvalue weighted by Gasteiger charge is 2.18. The van der Waals surface area contributed by atoms with Gasteiger partial charge in [0.2, 0.25) is 0 Å². The summed E-state index contributed by atoms with van der Waals surface area (Å²) in [4.78, 5) is 16.6. The highest BCUT2D eigenvalue weighted by atomic mass is 16.3. The summed E-state index contributed by atoms with van der Waals surface area (Å²) in [6, 6.07) is 8.13. The molecule has 2 aromatic heterocycles. The van der Waals surface area contributed by atoms with E-state index >= 15 is 0 Å². The molecule has 0 bridgehead atoms. The van der Waals surface area contributed by atoms with E-state index in [9.17, 15) is 9.90 Å². The highest BCUT2D eigenvalue weighted by molar-refractivity contribution is 5.93. The first kappa shape index (κ1) is 15.7. The van der Waals surface area contributed by atoms with E-state index in [1.807, 2.05) is 13.8 Å². The van der Waals surface area contributed by atoms with Gasteiger partial charge in [-0.1, -0.05) is 12.1 Å². The third kappa shape index (κ3) is 2.98. The lowest BCUT2D eigenvalue weighted by molar-refractivity contribution is 0.0932. The smallest absolute Gasteiger partial charge is 0.269 e. The zero-order chi connectivity index (χ0) is 17.1. The van der Waals surface area contributed by atoms with Crippen LogP contribution in [-0.2, 0) is 6.54 Å². The molecular formula is C16H18N6O2. The fourth-order valence-corrected chi connectivity index (χ4v) is 2.46. The minimum absolute atomic E-state index is 0.111. The van der Waals surface area contributed by atoms with Crippen molar-refractivity contribution < 1.29 is 9.90 Å². The molecule has 3 N–H and O–H groups in total. The van der Waals surface area contributed by atoms with Gasteiger partial charge < -0.3 is 10.4 Å². The Hall–Kier alpha value is -3.16. The van der Waals surface area contributed by atoms with Crippen molar-refractivity contribution in [3.05, 3.63) is 48.2 Å². The molecule has 0 aliphatic heterocycles. The molecule has 3 aromatic rings. The molecule has 0 aliphatic rings. The zero-order valence-electron chi connectivity index (χ0n) is 13.4. The molecule has 124 valence electrons. The number of aromatic nitrogens is 5. The van der Waals surface area contributed by atoms with Crippen LogP contribution in [0.1, 0.15) is 36.2 Å². The van der Waals surface area contributed by atoms with Crippen LogP contribution in [0.5, 0.6) is 5.75 Å². The topological polar surface area (TPSA) is 109 Å². The number of nitrogens with zero attached hydrogens (tertiary/aromatic N) is 4. The van der Waals surface area contributed by atoms with E-state index in [1.54, 1.807) is 35.0 Å². The Morgan fingerprint density at radius 2 is 2.21 bits per heavy atom. The van der Waals surface area contributed by atoms with Crippen LogP contribution in [0.15, 0.2) is 36.7 Å². The van der Waals surface area contributed by atoms with Crippen molar-refractivity contribution in [1.29, 1.82) is 0 Å². The minimum atomic E-state index is -0.303. The van der Waals surface area contributed by atoms with Gasteiger partial charge in [-0.05, 0) is 32.0 Å². The lowest BCUT2D eigenvalue weighted by Gasteiger charge is -2.13. The number of hydrogen-bond donors (Lipinski definition) is 3. The molecule has 1 aromatic carbocycles. The summed E-state index contributed by atoms with van der Waals surface area (Å²) in [5.74, 6) is 0.494. The second-order valence-electron chi connectivity index (χ2n) is 5.31. The largest absolute Gasteiger partial charge is 0.507 e. The van der Waals surface area contributed by atoms with E-state index in [0.717, 1.165) is 0 Å². The number of aromatic amines is 1. The summed E-state index contributed by atoms with van der Waals surface area (Å²) in [6.45, 7) is 4.48. The Balaban J connectivity index is 1.76. The van der Waals surface area contributed by atoms with E-state index in [1.165, 1.54) is 6.33 Å². The molecule has 24 heavy (non-hydrogen) atoms. The molecule has 0 unspecified atom stereocenters. The van der Waals surface area contributed by atoms with Crippen molar-refractivity contribution in [2.45, 2.75) is 26.4 Å². The first-order chi connectivity index (χ1) is 11.6.